The number of hydrogen-bond acceptors (Lipinski definition) is 5. The van der Waals surface area contributed by atoms with Crippen molar-refractivity contribution in [3.63, 3.8) is 0 Å². The summed E-state index contributed by atoms with van der Waals surface area (Å²) in [5.41, 5.74) is 2.43. The Morgan fingerprint density at radius 2 is 1.66 bits per heavy atom. The van der Waals surface area contributed by atoms with Gasteiger partial charge in [0.05, 0.1) is 6.61 Å². The Morgan fingerprint density at radius 3 is 2.47 bits per heavy atom. The fraction of sp³-hybridized carbons (Fsp3) is 0.417. The molecule has 32 heavy (non-hydrogen) atoms. The number of nitrogens with zero attached hydrogens (tertiary/aromatic N) is 3. The highest BCUT2D eigenvalue weighted by Crippen LogP contribution is 2.17. The van der Waals surface area contributed by atoms with E-state index in [1.54, 1.807) is 0 Å². The second kappa shape index (κ2) is 11.8. The zero-order valence-electron chi connectivity index (χ0n) is 18.3. The van der Waals surface area contributed by atoms with Crippen LogP contribution in [0.4, 0.5) is 0 Å². The summed E-state index contributed by atoms with van der Waals surface area (Å²) in [5.74, 6) is 1.99. The van der Waals surface area contributed by atoms with E-state index in [2.05, 4.69) is 42.5 Å². The Hall–Kier alpha value is -2.71. The minimum absolute atomic E-state index is 0.540. The van der Waals surface area contributed by atoms with E-state index < -0.39 is 11.2 Å². The van der Waals surface area contributed by atoms with Crippen LogP contribution < -0.4 is 15.4 Å². The number of rotatable bonds is 9. The lowest BCUT2D eigenvalue weighted by atomic mass is 10.1. The Balaban J connectivity index is 1.17. The van der Waals surface area contributed by atoms with E-state index in [9.17, 15) is 4.21 Å². The van der Waals surface area contributed by atoms with Gasteiger partial charge in [-0.05, 0) is 55.6 Å². The summed E-state index contributed by atoms with van der Waals surface area (Å²) in [7, 11) is 0. The SMILES string of the molecule is O=S1N=C(NCCCOc2cccc(CN3CCCCC3)c2)C(NCc2ccccc2)=N1. The van der Waals surface area contributed by atoms with Gasteiger partial charge in [-0.25, -0.2) is 4.21 Å². The van der Waals surface area contributed by atoms with Gasteiger partial charge in [0.2, 0.25) is 0 Å². The molecule has 0 amide bonds. The number of amidine groups is 2. The highest BCUT2D eigenvalue weighted by atomic mass is 32.2. The maximum absolute atomic E-state index is 11.8. The molecule has 1 unspecified atom stereocenters. The number of piperidine rings is 1. The lowest BCUT2D eigenvalue weighted by Gasteiger charge is -2.26. The summed E-state index contributed by atoms with van der Waals surface area (Å²) >= 11 is -1.57. The largest absolute Gasteiger partial charge is 0.494 e. The standard InChI is InChI=1S/C24H31N5O2S/c30-32-27-23(24(28-32)26-18-20-9-3-1-4-10-20)25-13-8-16-31-22-12-7-11-21(17-22)19-29-14-5-2-6-15-29/h1,3-4,7,9-12,17H,2,5-6,8,13-16,18-19H2,(H,25,27)(H,26,28). The zero-order valence-corrected chi connectivity index (χ0v) is 19.2. The molecule has 0 bridgehead atoms. The normalized spacial score (nSPS) is 18.7. The fourth-order valence-corrected chi connectivity index (χ4v) is 4.51. The highest BCUT2D eigenvalue weighted by Gasteiger charge is 2.18. The van der Waals surface area contributed by atoms with E-state index >= 15 is 0 Å². The van der Waals surface area contributed by atoms with Crippen LogP contribution in [-0.4, -0.2) is 47.0 Å². The molecular formula is C24H31N5O2S. The number of likely N-dealkylation sites (tertiary alicyclic amines) is 1. The molecule has 7 nitrogen and oxygen atoms in total. The molecule has 2 aliphatic rings. The van der Waals surface area contributed by atoms with E-state index in [0.29, 0.717) is 31.4 Å². The third-order valence-corrected chi connectivity index (χ3v) is 6.18. The smallest absolute Gasteiger partial charge is 0.269 e. The molecule has 2 aliphatic heterocycles. The minimum atomic E-state index is -1.57. The van der Waals surface area contributed by atoms with Crippen molar-refractivity contribution < 1.29 is 8.95 Å². The molecule has 0 radical (unpaired) electrons. The van der Waals surface area contributed by atoms with Gasteiger partial charge in [-0.3, -0.25) is 4.90 Å². The number of ether oxygens (including phenoxy) is 1. The minimum Gasteiger partial charge on any atom is -0.494 e. The predicted octanol–water partition coefficient (Wildman–Crippen LogP) is 3.21. The maximum atomic E-state index is 11.8. The van der Waals surface area contributed by atoms with Crippen LogP contribution in [-0.2, 0) is 24.3 Å². The first-order valence-corrected chi connectivity index (χ1v) is 12.4. The molecule has 4 rings (SSSR count). The lowest BCUT2D eigenvalue weighted by molar-refractivity contribution is 0.220. The van der Waals surface area contributed by atoms with Crippen LogP contribution in [0.1, 0.15) is 36.8 Å². The predicted molar refractivity (Wildman–Crippen MR) is 130 cm³/mol. The van der Waals surface area contributed by atoms with Gasteiger partial charge in [-0.1, -0.05) is 48.9 Å². The van der Waals surface area contributed by atoms with Crippen LogP contribution in [0.25, 0.3) is 0 Å². The molecule has 170 valence electrons. The molecule has 2 aromatic rings. The van der Waals surface area contributed by atoms with Gasteiger partial charge in [0.25, 0.3) is 11.2 Å². The van der Waals surface area contributed by atoms with Gasteiger partial charge < -0.3 is 15.4 Å². The number of benzene rings is 2. The van der Waals surface area contributed by atoms with Gasteiger partial charge >= 0.3 is 0 Å². The van der Waals surface area contributed by atoms with E-state index in [1.165, 1.54) is 37.9 Å². The summed E-state index contributed by atoms with van der Waals surface area (Å²) in [5, 5.41) is 6.44. The van der Waals surface area contributed by atoms with Gasteiger partial charge in [-0.2, -0.15) is 0 Å². The molecule has 2 heterocycles. The third kappa shape index (κ3) is 6.90. The molecule has 1 atom stereocenters. The van der Waals surface area contributed by atoms with Crippen LogP contribution in [0, 0.1) is 0 Å². The third-order valence-electron chi connectivity index (χ3n) is 5.50. The highest BCUT2D eigenvalue weighted by molar-refractivity contribution is 7.83. The first kappa shape index (κ1) is 22.5. The Labute approximate surface area is 192 Å². The molecule has 2 N–H and O–H groups in total. The molecule has 0 spiro atoms. The van der Waals surface area contributed by atoms with Crippen molar-refractivity contribution in [1.82, 2.24) is 15.5 Å². The Morgan fingerprint density at radius 1 is 0.906 bits per heavy atom. The average Bonchev–Trinajstić information content (AvgIpc) is 3.18. The van der Waals surface area contributed by atoms with E-state index in [0.717, 1.165) is 24.3 Å². The van der Waals surface area contributed by atoms with Gasteiger partial charge in [-0.15, -0.1) is 8.80 Å². The van der Waals surface area contributed by atoms with Crippen LogP contribution >= 0.6 is 0 Å². The van der Waals surface area contributed by atoms with Gasteiger partial charge in [0.15, 0.2) is 11.7 Å². The monoisotopic (exact) mass is 453 g/mol. The summed E-state index contributed by atoms with van der Waals surface area (Å²) in [6.45, 7) is 5.24. The average molecular weight is 454 g/mol. The molecule has 0 aromatic heterocycles. The first-order chi connectivity index (χ1) is 15.8. The first-order valence-electron chi connectivity index (χ1n) is 11.3. The summed E-state index contributed by atoms with van der Waals surface area (Å²) < 4.78 is 25.8. The van der Waals surface area contributed by atoms with Crippen molar-refractivity contribution in [1.29, 1.82) is 0 Å². The summed E-state index contributed by atoms with van der Waals surface area (Å²) in [6.07, 6.45) is 4.76. The quantitative estimate of drug-likeness (QED) is 0.570. The zero-order chi connectivity index (χ0) is 22.0. The molecule has 1 fully saturated rings. The molecule has 8 heteroatoms. The Kier molecular flexibility index (Phi) is 8.28. The van der Waals surface area contributed by atoms with Crippen LogP contribution in [0.5, 0.6) is 5.75 Å². The molecular weight excluding hydrogens is 422 g/mol. The van der Waals surface area contributed by atoms with Crippen molar-refractivity contribution in [3.05, 3.63) is 65.7 Å². The van der Waals surface area contributed by atoms with Crippen molar-refractivity contribution >= 4 is 22.8 Å². The maximum Gasteiger partial charge on any atom is 0.269 e. The van der Waals surface area contributed by atoms with Crippen molar-refractivity contribution in [2.75, 3.05) is 26.2 Å². The van der Waals surface area contributed by atoms with Gasteiger partial charge in [0, 0.05) is 19.6 Å². The van der Waals surface area contributed by atoms with Crippen molar-refractivity contribution in [2.45, 2.75) is 38.8 Å². The van der Waals surface area contributed by atoms with Crippen LogP contribution in [0.2, 0.25) is 0 Å². The summed E-state index contributed by atoms with van der Waals surface area (Å²) in [6, 6.07) is 18.4. The number of nitrogens with one attached hydrogen (secondary N) is 2. The summed E-state index contributed by atoms with van der Waals surface area (Å²) in [4.78, 5) is 2.52. The molecule has 2 aromatic carbocycles. The topological polar surface area (TPSA) is 78.3 Å². The fourth-order valence-electron chi connectivity index (χ4n) is 3.86. The van der Waals surface area contributed by atoms with E-state index in [4.69, 9.17) is 4.74 Å². The van der Waals surface area contributed by atoms with Crippen molar-refractivity contribution in [2.24, 2.45) is 8.80 Å². The van der Waals surface area contributed by atoms with E-state index in [1.807, 2.05) is 36.4 Å². The Bertz CT molecular complexity index is 958. The second-order valence-corrected chi connectivity index (χ2v) is 8.89. The van der Waals surface area contributed by atoms with Gasteiger partial charge in [0.1, 0.15) is 5.75 Å². The van der Waals surface area contributed by atoms with Crippen LogP contribution in [0.3, 0.4) is 0 Å². The van der Waals surface area contributed by atoms with Crippen molar-refractivity contribution in [3.8, 4) is 5.75 Å². The molecule has 0 aliphatic carbocycles. The molecule has 0 saturated carbocycles. The molecule has 1 saturated heterocycles. The second-order valence-electron chi connectivity index (χ2n) is 8.06. The lowest BCUT2D eigenvalue weighted by Crippen LogP contribution is -2.38. The van der Waals surface area contributed by atoms with Crippen LogP contribution in [0.15, 0.2) is 63.4 Å². The van der Waals surface area contributed by atoms with E-state index in [-0.39, 0.29) is 0 Å². The number of hydrogen-bond donors (Lipinski definition) is 2.